The number of carbonyl (C=O) groups is 2. The summed E-state index contributed by atoms with van der Waals surface area (Å²) in [7, 11) is 2.64. The number of nitrogens with one attached hydrogen (secondary N) is 1. The number of esters is 1. The van der Waals surface area contributed by atoms with Gasteiger partial charge in [0.2, 0.25) is 0 Å². The van der Waals surface area contributed by atoms with Crippen molar-refractivity contribution < 1.29 is 23.9 Å². The Morgan fingerprint density at radius 1 is 1.35 bits per heavy atom. The summed E-state index contributed by atoms with van der Waals surface area (Å²) >= 11 is 0. The van der Waals surface area contributed by atoms with Crippen LogP contribution in [0.15, 0.2) is 29.0 Å². The maximum Gasteiger partial charge on any atom is 0.408 e. The van der Waals surface area contributed by atoms with E-state index in [-0.39, 0.29) is 11.8 Å². The lowest BCUT2D eigenvalue weighted by Crippen LogP contribution is -2.38. The Kier molecular flexibility index (Phi) is 6.81. The van der Waals surface area contributed by atoms with Crippen molar-refractivity contribution in [3.8, 4) is 0 Å². The molecule has 128 valence electrons. The highest BCUT2D eigenvalue weighted by atomic mass is 16.6. The van der Waals surface area contributed by atoms with Crippen molar-refractivity contribution in [3.63, 3.8) is 0 Å². The molecule has 0 aromatic heterocycles. The van der Waals surface area contributed by atoms with E-state index in [0.29, 0.717) is 12.8 Å². The van der Waals surface area contributed by atoms with Gasteiger partial charge in [0, 0.05) is 0 Å². The van der Waals surface area contributed by atoms with Gasteiger partial charge in [0.15, 0.2) is 5.71 Å². The second-order valence-corrected chi connectivity index (χ2v) is 6.02. The molecule has 0 heterocycles. The Balaban J connectivity index is 2.67. The van der Waals surface area contributed by atoms with E-state index in [1.54, 1.807) is 6.08 Å². The van der Waals surface area contributed by atoms with Crippen LogP contribution in [0.4, 0.5) is 4.79 Å². The molecule has 0 fully saturated rings. The SMILES string of the molecule is CO/N=C(\C=C1\C=C[C@H](NC(=O)OC(C)(C)C)CC1)C(=O)OC. The second kappa shape index (κ2) is 8.36. The third-order valence-electron chi connectivity index (χ3n) is 2.90. The first-order chi connectivity index (χ1) is 10.7. The van der Waals surface area contributed by atoms with Crippen LogP contribution in [0, 0.1) is 0 Å². The van der Waals surface area contributed by atoms with Gasteiger partial charge in [-0.05, 0) is 45.3 Å². The van der Waals surface area contributed by atoms with E-state index in [9.17, 15) is 9.59 Å². The number of nitrogens with zero attached hydrogens (tertiary/aromatic N) is 1. The number of carbonyl (C=O) groups excluding carboxylic acids is 2. The fraction of sp³-hybridized carbons (Fsp3) is 0.562. The first-order valence-electron chi connectivity index (χ1n) is 7.33. The summed E-state index contributed by atoms with van der Waals surface area (Å²) in [6.45, 7) is 5.44. The summed E-state index contributed by atoms with van der Waals surface area (Å²) < 4.78 is 9.85. The molecule has 0 aromatic carbocycles. The van der Waals surface area contributed by atoms with Crippen molar-refractivity contribution >= 4 is 17.8 Å². The van der Waals surface area contributed by atoms with Crippen LogP contribution in [0.5, 0.6) is 0 Å². The third-order valence-corrected chi connectivity index (χ3v) is 2.90. The van der Waals surface area contributed by atoms with E-state index in [4.69, 9.17) is 4.74 Å². The molecule has 0 spiro atoms. The van der Waals surface area contributed by atoms with Gasteiger partial charge >= 0.3 is 12.1 Å². The summed E-state index contributed by atoms with van der Waals surface area (Å²) in [5.74, 6) is -0.568. The van der Waals surface area contributed by atoms with Crippen molar-refractivity contribution in [2.75, 3.05) is 14.2 Å². The van der Waals surface area contributed by atoms with Crippen LogP contribution in [-0.4, -0.2) is 43.6 Å². The molecule has 0 radical (unpaired) electrons. The Labute approximate surface area is 136 Å². The quantitative estimate of drug-likeness (QED) is 0.487. The monoisotopic (exact) mass is 324 g/mol. The lowest BCUT2D eigenvalue weighted by atomic mass is 9.97. The van der Waals surface area contributed by atoms with Crippen LogP contribution >= 0.6 is 0 Å². The highest BCUT2D eigenvalue weighted by molar-refractivity contribution is 6.41. The van der Waals surface area contributed by atoms with Gasteiger partial charge in [-0.25, -0.2) is 9.59 Å². The minimum atomic E-state index is -0.568. The molecule has 1 aliphatic rings. The summed E-state index contributed by atoms with van der Waals surface area (Å²) in [5.41, 5.74) is 0.459. The number of alkyl carbamates (subject to hydrolysis) is 1. The van der Waals surface area contributed by atoms with Crippen molar-refractivity contribution in [1.82, 2.24) is 5.32 Å². The van der Waals surface area contributed by atoms with Gasteiger partial charge < -0.3 is 19.6 Å². The molecule has 0 saturated carbocycles. The predicted molar refractivity (Wildman–Crippen MR) is 86.1 cm³/mol. The smallest absolute Gasteiger partial charge is 0.408 e. The van der Waals surface area contributed by atoms with E-state index in [1.165, 1.54) is 14.2 Å². The van der Waals surface area contributed by atoms with E-state index in [2.05, 4.69) is 20.0 Å². The lowest BCUT2D eigenvalue weighted by molar-refractivity contribution is -0.132. The average Bonchev–Trinajstić information content (AvgIpc) is 2.46. The lowest BCUT2D eigenvalue weighted by Gasteiger charge is -2.24. The fourth-order valence-electron chi connectivity index (χ4n) is 1.94. The number of ether oxygens (including phenoxy) is 2. The molecule has 7 nitrogen and oxygen atoms in total. The Bertz CT molecular complexity index is 529. The Morgan fingerprint density at radius 3 is 2.52 bits per heavy atom. The maximum atomic E-state index is 11.7. The number of hydrogen-bond donors (Lipinski definition) is 1. The minimum absolute atomic E-state index is 0.0909. The topological polar surface area (TPSA) is 86.2 Å². The van der Waals surface area contributed by atoms with Crippen LogP contribution in [0.25, 0.3) is 0 Å². The largest absolute Gasteiger partial charge is 0.464 e. The predicted octanol–water partition coefficient (Wildman–Crippen LogP) is 2.33. The molecule has 23 heavy (non-hydrogen) atoms. The molecule has 1 atom stereocenters. The number of hydrogen-bond acceptors (Lipinski definition) is 6. The standard InChI is InChI=1S/C16H24N2O5/c1-16(2,3)23-15(20)17-12-8-6-11(7-9-12)10-13(18-22-5)14(19)21-4/h6,8,10,12H,7,9H2,1-5H3,(H,17,20)/b11-10-,18-13+/t12-/m0/s1. The van der Waals surface area contributed by atoms with Crippen molar-refractivity contribution in [2.24, 2.45) is 5.16 Å². The van der Waals surface area contributed by atoms with Gasteiger partial charge in [-0.1, -0.05) is 17.3 Å². The Morgan fingerprint density at radius 2 is 2.04 bits per heavy atom. The molecule has 7 heteroatoms. The first-order valence-corrected chi connectivity index (χ1v) is 7.33. The molecular formula is C16H24N2O5. The van der Waals surface area contributed by atoms with E-state index >= 15 is 0 Å². The third kappa shape index (κ3) is 6.99. The number of methoxy groups -OCH3 is 1. The molecule has 0 aromatic rings. The minimum Gasteiger partial charge on any atom is -0.464 e. The normalized spacial score (nSPS) is 20.1. The summed E-state index contributed by atoms with van der Waals surface area (Å²) in [6.07, 6.45) is 6.21. The van der Waals surface area contributed by atoms with Crippen LogP contribution < -0.4 is 5.32 Å². The van der Waals surface area contributed by atoms with Crippen molar-refractivity contribution in [2.45, 2.75) is 45.3 Å². The zero-order valence-corrected chi connectivity index (χ0v) is 14.2. The molecular weight excluding hydrogens is 300 g/mol. The van der Waals surface area contributed by atoms with Gasteiger partial charge in [0.05, 0.1) is 13.2 Å². The zero-order chi connectivity index (χ0) is 17.5. The van der Waals surface area contributed by atoms with Crippen LogP contribution in [0.1, 0.15) is 33.6 Å². The van der Waals surface area contributed by atoms with Gasteiger partial charge in [-0.2, -0.15) is 0 Å². The molecule has 1 rings (SSSR count). The van der Waals surface area contributed by atoms with Crippen LogP contribution in [-0.2, 0) is 19.1 Å². The van der Waals surface area contributed by atoms with Crippen molar-refractivity contribution in [3.05, 3.63) is 23.8 Å². The number of rotatable bonds is 4. The second-order valence-electron chi connectivity index (χ2n) is 6.02. The average molecular weight is 324 g/mol. The molecule has 1 aliphatic carbocycles. The van der Waals surface area contributed by atoms with Crippen LogP contribution in [0.2, 0.25) is 0 Å². The summed E-state index contributed by atoms with van der Waals surface area (Å²) in [5, 5.41) is 6.43. The van der Waals surface area contributed by atoms with Crippen LogP contribution in [0.3, 0.4) is 0 Å². The van der Waals surface area contributed by atoms with Gasteiger partial charge in [-0.15, -0.1) is 0 Å². The van der Waals surface area contributed by atoms with E-state index < -0.39 is 17.7 Å². The van der Waals surface area contributed by atoms with E-state index in [0.717, 1.165) is 5.57 Å². The molecule has 0 unspecified atom stereocenters. The van der Waals surface area contributed by atoms with Gasteiger partial charge in [0.25, 0.3) is 0 Å². The summed E-state index contributed by atoms with van der Waals surface area (Å²) in [4.78, 5) is 27.9. The van der Waals surface area contributed by atoms with Gasteiger partial charge in [-0.3, -0.25) is 0 Å². The molecule has 1 amide bonds. The fourth-order valence-corrected chi connectivity index (χ4v) is 1.94. The van der Waals surface area contributed by atoms with E-state index in [1.807, 2.05) is 32.9 Å². The van der Waals surface area contributed by atoms with Crippen molar-refractivity contribution in [1.29, 1.82) is 0 Å². The molecule has 0 aliphatic heterocycles. The number of oxime groups is 1. The molecule has 1 N–H and O–H groups in total. The summed E-state index contributed by atoms with van der Waals surface area (Å²) in [6, 6.07) is -0.108. The Hall–Kier alpha value is -2.31. The van der Waals surface area contributed by atoms with Gasteiger partial charge in [0.1, 0.15) is 12.7 Å². The molecule has 0 bridgehead atoms. The maximum absolute atomic E-state index is 11.7. The first kappa shape index (κ1) is 18.7. The highest BCUT2D eigenvalue weighted by Crippen LogP contribution is 2.18. The number of allylic oxidation sites excluding steroid dienone is 2. The number of amides is 1. The molecule has 0 saturated heterocycles. The zero-order valence-electron chi connectivity index (χ0n) is 14.2. The highest BCUT2D eigenvalue weighted by Gasteiger charge is 2.20.